The van der Waals surface area contributed by atoms with E-state index in [0.29, 0.717) is 5.56 Å². The van der Waals surface area contributed by atoms with E-state index in [1.165, 1.54) is 30.3 Å². The molecule has 1 aromatic carbocycles. The van der Waals surface area contributed by atoms with Crippen LogP contribution in [0.5, 0.6) is 5.75 Å². The van der Waals surface area contributed by atoms with Crippen LogP contribution in [0.3, 0.4) is 0 Å². The topological polar surface area (TPSA) is 26.3 Å². The van der Waals surface area contributed by atoms with Gasteiger partial charge in [0.15, 0.2) is 5.78 Å². The zero-order valence-corrected chi connectivity index (χ0v) is 10.2. The third kappa shape index (κ3) is 5.08. The molecule has 1 aromatic rings. The zero-order chi connectivity index (χ0) is 13.4. The fraction of sp³-hybridized carbons (Fsp3) is 0.357. The predicted molar refractivity (Wildman–Crippen MR) is 66.1 cm³/mol. The summed E-state index contributed by atoms with van der Waals surface area (Å²) in [6.07, 6.45) is 6.34. The van der Waals surface area contributed by atoms with Crippen LogP contribution in [0.15, 0.2) is 36.4 Å². The second kappa shape index (κ2) is 7.58. The molecule has 1 rings (SSSR count). The van der Waals surface area contributed by atoms with Crippen molar-refractivity contribution in [3.8, 4) is 5.75 Å². The van der Waals surface area contributed by atoms with Gasteiger partial charge in [0.25, 0.3) is 0 Å². The summed E-state index contributed by atoms with van der Waals surface area (Å²) in [5.74, 6) is -0.0776. The molecule has 0 atom stereocenters. The molecular weight excluding hydrogens is 238 g/mol. The lowest BCUT2D eigenvalue weighted by atomic mass is 10.1. The maximum absolute atomic E-state index is 11.9. The van der Waals surface area contributed by atoms with Crippen molar-refractivity contribution >= 4 is 5.78 Å². The van der Waals surface area contributed by atoms with Crippen LogP contribution in [0, 0.1) is 0 Å². The predicted octanol–water partition coefficient (Wildman–Crippen LogP) is 4.22. The normalized spacial score (nSPS) is 11.1. The molecule has 0 aliphatic rings. The lowest BCUT2D eigenvalue weighted by Gasteiger charge is -2.04. The van der Waals surface area contributed by atoms with Crippen LogP contribution in [0.25, 0.3) is 0 Å². The van der Waals surface area contributed by atoms with Crippen LogP contribution >= 0.6 is 0 Å². The highest BCUT2D eigenvalue weighted by atomic mass is 19.3. The van der Waals surface area contributed by atoms with Crippen LogP contribution in [-0.2, 0) is 0 Å². The van der Waals surface area contributed by atoms with Crippen LogP contribution in [0.2, 0.25) is 0 Å². The van der Waals surface area contributed by atoms with Gasteiger partial charge >= 0.3 is 6.61 Å². The Kier molecular flexibility index (Phi) is 6.05. The molecule has 0 amide bonds. The summed E-state index contributed by atoms with van der Waals surface area (Å²) in [6, 6.07) is 5.67. The molecule has 0 saturated carbocycles. The maximum atomic E-state index is 11.9. The minimum absolute atomic E-state index is 0.0523. The zero-order valence-electron chi connectivity index (χ0n) is 10.2. The van der Waals surface area contributed by atoms with E-state index in [9.17, 15) is 13.6 Å². The van der Waals surface area contributed by atoms with E-state index in [1.807, 2.05) is 6.08 Å². The summed E-state index contributed by atoms with van der Waals surface area (Å²) >= 11 is 0. The fourth-order valence-electron chi connectivity index (χ4n) is 1.41. The number of unbranched alkanes of at least 4 members (excludes halogenated alkanes) is 2. The van der Waals surface area contributed by atoms with Gasteiger partial charge in [-0.2, -0.15) is 8.78 Å². The molecule has 0 spiro atoms. The minimum atomic E-state index is -2.85. The number of rotatable bonds is 7. The minimum Gasteiger partial charge on any atom is -0.435 e. The molecule has 0 unspecified atom stereocenters. The van der Waals surface area contributed by atoms with Crippen molar-refractivity contribution in [3.05, 3.63) is 42.0 Å². The molecule has 0 bridgehead atoms. The molecular formula is C14H16F2O2. The number of halogens is 2. The second-order valence-electron chi connectivity index (χ2n) is 3.81. The summed E-state index contributed by atoms with van der Waals surface area (Å²) in [7, 11) is 0. The Morgan fingerprint density at radius 3 is 2.56 bits per heavy atom. The highest BCUT2D eigenvalue weighted by Crippen LogP contribution is 2.15. The number of benzene rings is 1. The average Bonchev–Trinajstić information content (AvgIpc) is 2.34. The lowest BCUT2D eigenvalue weighted by molar-refractivity contribution is -0.0498. The number of ether oxygens (including phenoxy) is 1. The Morgan fingerprint density at radius 2 is 2.00 bits per heavy atom. The lowest BCUT2D eigenvalue weighted by Crippen LogP contribution is -2.02. The van der Waals surface area contributed by atoms with Gasteiger partial charge < -0.3 is 4.74 Å². The van der Waals surface area contributed by atoms with Crippen LogP contribution in [0.4, 0.5) is 8.78 Å². The number of hydrogen-bond acceptors (Lipinski definition) is 2. The molecule has 0 saturated heterocycles. The van der Waals surface area contributed by atoms with Gasteiger partial charge in [0.1, 0.15) is 5.75 Å². The van der Waals surface area contributed by atoms with Crippen molar-refractivity contribution in [2.45, 2.75) is 32.8 Å². The van der Waals surface area contributed by atoms with E-state index in [4.69, 9.17) is 0 Å². The van der Waals surface area contributed by atoms with Crippen molar-refractivity contribution in [1.82, 2.24) is 0 Å². The highest BCUT2D eigenvalue weighted by Gasteiger charge is 2.05. The molecule has 2 nitrogen and oxygen atoms in total. The first-order valence-corrected chi connectivity index (χ1v) is 5.89. The van der Waals surface area contributed by atoms with E-state index in [1.54, 1.807) is 0 Å². The molecule has 0 aliphatic carbocycles. The maximum Gasteiger partial charge on any atom is 0.387 e. The van der Waals surface area contributed by atoms with Crippen LogP contribution in [0.1, 0.15) is 36.5 Å². The number of hydrogen-bond donors (Lipinski definition) is 0. The smallest absolute Gasteiger partial charge is 0.387 e. The Hall–Kier alpha value is -1.71. The Balaban J connectivity index is 2.56. The summed E-state index contributed by atoms with van der Waals surface area (Å²) < 4.78 is 28.0. The number of ketones is 1. The first-order chi connectivity index (χ1) is 8.63. The quantitative estimate of drug-likeness (QED) is 0.414. The largest absolute Gasteiger partial charge is 0.435 e. The van der Waals surface area contributed by atoms with Gasteiger partial charge in [-0.25, -0.2) is 0 Å². The molecule has 98 valence electrons. The van der Waals surface area contributed by atoms with E-state index < -0.39 is 6.61 Å². The van der Waals surface area contributed by atoms with E-state index in [0.717, 1.165) is 19.3 Å². The van der Waals surface area contributed by atoms with E-state index in [2.05, 4.69) is 11.7 Å². The summed E-state index contributed by atoms with van der Waals surface area (Å²) in [6.45, 7) is -0.766. The van der Waals surface area contributed by atoms with Gasteiger partial charge in [-0.3, -0.25) is 4.79 Å². The second-order valence-corrected chi connectivity index (χ2v) is 3.81. The molecule has 18 heavy (non-hydrogen) atoms. The number of carbonyl (C=O) groups is 1. The van der Waals surface area contributed by atoms with Crippen molar-refractivity contribution in [1.29, 1.82) is 0 Å². The molecule has 0 radical (unpaired) electrons. The van der Waals surface area contributed by atoms with Gasteiger partial charge in [-0.05, 0) is 36.8 Å². The SMILES string of the molecule is CCCC/C=C/C(=O)c1ccc(OC(F)F)cc1. The monoisotopic (exact) mass is 254 g/mol. The van der Waals surface area contributed by atoms with Gasteiger partial charge in [-0.1, -0.05) is 25.8 Å². The van der Waals surface area contributed by atoms with Gasteiger partial charge in [0, 0.05) is 5.56 Å². The van der Waals surface area contributed by atoms with Crippen molar-refractivity contribution < 1.29 is 18.3 Å². The Bertz CT molecular complexity index is 397. The summed E-state index contributed by atoms with van der Waals surface area (Å²) in [5, 5.41) is 0. The molecule has 0 fully saturated rings. The van der Waals surface area contributed by atoms with Gasteiger partial charge in [-0.15, -0.1) is 0 Å². The highest BCUT2D eigenvalue weighted by molar-refractivity contribution is 6.04. The van der Waals surface area contributed by atoms with Gasteiger partial charge in [0.05, 0.1) is 0 Å². The standard InChI is InChI=1S/C14H16F2O2/c1-2-3-4-5-6-13(17)11-7-9-12(10-8-11)18-14(15)16/h5-10,14H,2-4H2,1H3/b6-5+. The Labute approximate surface area is 105 Å². The molecule has 4 heteroatoms. The van der Waals surface area contributed by atoms with Crippen molar-refractivity contribution in [3.63, 3.8) is 0 Å². The molecule has 0 aromatic heterocycles. The Morgan fingerprint density at radius 1 is 1.33 bits per heavy atom. The fourth-order valence-corrected chi connectivity index (χ4v) is 1.41. The number of carbonyl (C=O) groups excluding carboxylic acids is 1. The van der Waals surface area contributed by atoms with Crippen molar-refractivity contribution in [2.24, 2.45) is 0 Å². The van der Waals surface area contributed by atoms with Crippen LogP contribution in [-0.4, -0.2) is 12.4 Å². The van der Waals surface area contributed by atoms with Crippen molar-refractivity contribution in [2.75, 3.05) is 0 Å². The molecule has 0 N–H and O–H groups in total. The van der Waals surface area contributed by atoms with E-state index >= 15 is 0 Å². The first-order valence-electron chi connectivity index (χ1n) is 5.89. The average molecular weight is 254 g/mol. The summed E-state index contributed by atoms with van der Waals surface area (Å²) in [4.78, 5) is 11.7. The van der Waals surface area contributed by atoms with E-state index in [-0.39, 0.29) is 11.5 Å². The van der Waals surface area contributed by atoms with Crippen LogP contribution < -0.4 is 4.74 Å². The van der Waals surface area contributed by atoms with Gasteiger partial charge in [0.2, 0.25) is 0 Å². The number of alkyl halides is 2. The number of allylic oxidation sites excluding steroid dienone is 2. The summed E-state index contributed by atoms with van der Waals surface area (Å²) in [5.41, 5.74) is 0.462. The molecule has 0 heterocycles. The first kappa shape index (κ1) is 14.4. The third-order valence-corrected chi connectivity index (χ3v) is 2.36. The molecule has 0 aliphatic heterocycles. The third-order valence-electron chi connectivity index (χ3n) is 2.36.